The summed E-state index contributed by atoms with van der Waals surface area (Å²) in [5, 5.41) is 4.28. The van der Waals surface area contributed by atoms with Gasteiger partial charge in [-0.25, -0.2) is 0 Å². The maximum atomic E-state index is 12.2. The van der Waals surface area contributed by atoms with Gasteiger partial charge in [-0.3, -0.25) is 4.79 Å². The van der Waals surface area contributed by atoms with Crippen LogP contribution in [0.3, 0.4) is 0 Å². The molecule has 1 rings (SSSR count). The van der Waals surface area contributed by atoms with Gasteiger partial charge in [0.1, 0.15) is 0 Å². The Morgan fingerprint density at radius 2 is 1.72 bits per heavy atom. The van der Waals surface area contributed by atoms with Gasteiger partial charge >= 0.3 is 0 Å². The number of nitrogens with one attached hydrogen (secondary N) is 1. The number of carbonyl (C=O) groups is 1. The van der Waals surface area contributed by atoms with Crippen LogP contribution in [-0.4, -0.2) is 28.6 Å². The van der Waals surface area contributed by atoms with E-state index in [0.29, 0.717) is 6.54 Å². The number of rotatable bonds is 4. The van der Waals surface area contributed by atoms with Crippen LogP contribution in [-0.2, 0) is 0 Å². The first kappa shape index (κ1) is 15.7. The van der Waals surface area contributed by atoms with Crippen molar-refractivity contribution >= 4 is 43.1 Å². The molecule has 18 heavy (non-hydrogen) atoms. The second-order valence-electron chi connectivity index (χ2n) is 6.71. The minimum absolute atomic E-state index is 0.115. The minimum Gasteiger partial charge on any atom is -0.352 e. The average molecular weight is 300 g/mol. The standard InChI is InChI=1S/C13H25NOSSi2/c1-8-14-13(15)12-10(17(2,3)4)9-11(16-12)18(5,6)7/h9H,8H2,1-7H3,(H,14,15). The molecule has 0 aliphatic heterocycles. The monoisotopic (exact) mass is 299 g/mol. The third kappa shape index (κ3) is 3.55. The largest absolute Gasteiger partial charge is 0.352 e. The molecule has 0 unspecified atom stereocenters. The first-order valence-electron chi connectivity index (χ1n) is 6.50. The summed E-state index contributed by atoms with van der Waals surface area (Å²) in [6.45, 7) is 16.6. The van der Waals surface area contributed by atoms with E-state index in [2.05, 4.69) is 50.7 Å². The van der Waals surface area contributed by atoms with Crippen LogP contribution in [0.5, 0.6) is 0 Å². The van der Waals surface area contributed by atoms with E-state index in [1.807, 2.05) is 6.92 Å². The maximum Gasteiger partial charge on any atom is 0.261 e. The van der Waals surface area contributed by atoms with Crippen LogP contribution in [0.4, 0.5) is 0 Å². The smallest absolute Gasteiger partial charge is 0.261 e. The van der Waals surface area contributed by atoms with Crippen molar-refractivity contribution in [2.24, 2.45) is 0 Å². The van der Waals surface area contributed by atoms with Gasteiger partial charge < -0.3 is 5.32 Å². The fourth-order valence-corrected chi connectivity index (χ4v) is 7.26. The molecule has 0 fully saturated rings. The Morgan fingerprint density at radius 1 is 1.17 bits per heavy atom. The maximum absolute atomic E-state index is 12.2. The summed E-state index contributed by atoms with van der Waals surface area (Å²) in [4.78, 5) is 13.2. The van der Waals surface area contributed by atoms with E-state index in [1.54, 1.807) is 11.3 Å². The fraction of sp³-hybridized carbons (Fsp3) is 0.615. The minimum atomic E-state index is -1.46. The Bertz CT molecular complexity index is 441. The van der Waals surface area contributed by atoms with Crippen LogP contribution in [0.25, 0.3) is 0 Å². The molecule has 0 aromatic carbocycles. The van der Waals surface area contributed by atoms with Crippen LogP contribution in [0.2, 0.25) is 39.3 Å². The predicted molar refractivity (Wildman–Crippen MR) is 88.3 cm³/mol. The van der Waals surface area contributed by atoms with Crippen LogP contribution in [0.15, 0.2) is 6.07 Å². The van der Waals surface area contributed by atoms with Crippen molar-refractivity contribution in [3.05, 3.63) is 10.9 Å². The Labute approximate surface area is 117 Å². The summed E-state index contributed by atoms with van der Waals surface area (Å²) >= 11 is 1.73. The lowest BCUT2D eigenvalue weighted by Gasteiger charge is -2.17. The van der Waals surface area contributed by atoms with Crippen LogP contribution >= 0.6 is 11.3 Å². The quantitative estimate of drug-likeness (QED) is 0.851. The van der Waals surface area contributed by atoms with Crippen molar-refractivity contribution in [3.63, 3.8) is 0 Å². The van der Waals surface area contributed by atoms with Gasteiger partial charge in [-0.2, -0.15) is 0 Å². The second-order valence-corrected chi connectivity index (χ2v) is 18.2. The van der Waals surface area contributed by atoms with E-state index in [0.717, 1.165) is 4.88 Å². The summed E-state index contributed by atoms with van der Waals surface area (Å²) in [5.41, 5.74) is 0. The number of carbonyl (C=O) groups excluding carboxylic acids is 1. The Balaban J connectivity index is 3.31. The van der Waals surface area contributed by atoms with E-state index in [-0.39, 0.29) is 5.91 Å². The lowest BCUT2D eigenvalue weighted by Crippen LogP contribution is -2.43. The molecule has 1 aromatic rings. The molecule has 0 aliphatic carbocycles. The van der Waals surface area contributed by atoms with E-state index in [9.17, 15) is 4.79 Å². The predicted octanol–water partition coefficient (Wildman–Crippen LogP) is 2.59. The molecule has 0 aliphatic rings. The fourth-order valence-electron chi connectivity index (χ4n) is 1.73. The van der Waals surface area contributed by atoms with Gasteiger partial charge in [0.2, 0.25) is 0 Å². The highest BCUT2D eigenvalue weighted by Crippen LogP contribution is 2.16. The van der Waals surface area contributed by atoms with Gasteiger partial charge in [0.15, 0.2) is 0 Å². The summed E-state index contributed by atoms with van der Waals surface area (Å²) in [5.74, 6) is 0.115. The molecule has 1 amide bonds. The van der Waals surface area contributed by atoms with Crippen molar-refractivity contribution in [1.82, 2.24) is 5.32 Å². The number of hydrogen-bond donors (Lipinski definition) is 1. The molecule has 0 radical (unpaired) electrons. The zero-order valence-electron chi connectivity index (χ0n) is 12.6. The van der Waals surface area contributed by atoms with Crippen molar-refractivity contribution in [3.8, 4) is 0 Å². The molecule has 2 nitrogen and oxygen atoms in total. The van der Waals surface area contributed by atoms with Gasteiger partial charge in [0.05, 0.1) is 21.0 Å². The normalized spacial score (nSPS) is 12.6. The zero-order valence-corrected chi connectivity index (χ0v) is 15.4. The zero-order chi connectivity index (χ0) is 14.1. The van der Waals surface area contributed by atoms with Crippen LogP contribution < -0.4 is 15.0 Å². The highest BCUT2D eigenvalue weighted by molar-refractivity contribution is 7.29. The molecular formula is C13H25NOSSi2. The average Bonchev–Trinajstić information content (AvgIpc) is 2.60. The lowest BCUT2D eigenvalue weighted by atomic mass is 10.4. The van der Waals surface area contributed by atoms with E-state index in [4.69, 9.17) is 0 Å². The molecule has 0 saturated carbocycles. The molecule has 0 spiro atoms. The van der Waals surface area contributed by atoms with Gasteiger partial charge in [-0.1, -0.05) is 45.3 Å². The Morgan fingerprint density at radius 3 is 2.11 bits per heavy atom. The van der Waals surface area contributed by atoms with Gasteiger partial charge in [-0.05, 0) is 16.6 Å². The topological polar surface area (TPSA) is 29.1 Å². The van der Waals surface area contributed by atoms with E-state index < -0.39 is 16.1 Å². The second kappa shape index (κ2) is 5.31. The molecule has 5 heteroatoms. The summed E-state index contributed by atoms with van der Waals surface area (Å²) in [6.07, 6.45) is 0. The molecule has 1 heterocycles. The van der Waals surface area contributed by atoms with Crippen molar-refractivity contribution in [2.75, 3.05) is 6.54 Å². The number of amides is 1. The van der Waals surface area contributed by atoms with E-state index in [1.165, 1.54) is 9.69 Å². The van der Waals surface area contributed by atoms with Crippen molar-refractivity contribution < 1.29 is 4.79 Å². The third-order valence-electron chi connectivity index (χ3n) is 2.82. The first-order chi connectivity index (χ1) is 8.07. The third-order valence-corrected chi connectivity index (χ3v) is 9.73. The Kier molecular flexibility index (Phi) is 4.62. The van der Waals surface area contributed by atoms with Crippen molar-refractivity contribution in [2.45, 2.75) is 46.2 Å². The molecule has 102 valence electrons. The SMILES string of the molecule is CCNC(=O)c1sc([Si](C)(C)C)cc1[Si](C)(C)C. The van der Waals surface area contributed by atoms with Gasteiger partial charge in [0, 0.05) is 6.54 Å². The molecule has 0 atom stereocenters. The highest BCUT2D eigenvalue weighted by Gasteiger charge is 2.29. The first-order valence-corrected chi connectivity index (χ1v) is 14.3. The molecular weight excluding hydrogens is 274 g/mol. The van der Waals surface area contributed by atoms with Crippen LogP contribution in [0, 0.1) is 0 Å². The number of hydrogen-bond acceptors (Lipinski definition) is 2. The summed E-state index contributed by atoms with van der Waals surface area (Å²) < 4.78 is 1.45. The van der Waals surface area contributed by atoms with Gasteiger partial charge in [0.25, 0.3) is 5.91 Å². The van der Waals surface area contributed by atoms with Crippen molar-refractivity contribution in [1.29, 1.82) is 0 Å². The van der Waals surface area contributed by atoms with Gasteiger partial charge in [-0.15, -0.1) is 11.3 Å². The van der Waals surface area contributed by atoms with E-state index >= 15 is 0 Å². The van der Waals surface area contributed by atoms with Crippen LogP contribution in [0.1, 0.15) is 16.6 Å². The summed E-state index contributed by atoms with van der Waals surface area (Å²) in [6, 6.07) is 2.33. The molecule has 0 bridgehead atoms. The summed E-state index contributed by atoms with van der Waals surface area (Å²) in [7, 11) is -2.79. The Hall–Kier alpha value is -0.396. The highest BCUT2D eigenvalue weighted by atomic mass is 32.1. The lowest BCUT2D eigenvalue weighted by molar-refractivity contribution is 0.0961. The number of thiophene rings is 1. The molecule has 1 aromatic heterocycles. The molecule has 1 N–H and O–H groups in total. The molecule has 0 saturated heterocycles.